The number of pyridine rings is 1. The summed E-state index contributed by atoms with van der Waals surface area (Å²) in [5, 5.41) is 1.83. The fourth-order valence-electron chi connectivity index (χ4n) is 3.88. The second kappa shape index (κ2) is 5.47. The normalized spacial score (nSPS) is 22.6. The molecule has 0 aromatic carbocycles. The van der Waals surface area contributed by atoms with Crippen LogP contribution in [-0.4, -0.2) is 51.0 Å². The number of nitrogens with one attached hydrogen (secondary N) is 1. The van der Waals surface area contributed by atoms with Crippen molar-refractivity contribution in [2.75, 3.05) is 13.1 Å². The maximum absolute atomic E-state index is 12.6. The van der Waals surface area contributed by atoms with E-state index in [1.165, 1.54) is 0 Å². The number of H-pyrrole nitrogens is 1. The Bertz CT molecular complexity index is 1060. The maximum atomic E-state index is 12.6. The molecule has 0 radical (unpaired) electrons. The number of rotatable bonds is 3. The zero-order valence-corrected chi connectivity index (χ0v) is 14.5. The first-order valence-corrected chi connectivity index (χ1v) is 10.2. The van der Waals surface area contributed by atoms with E-state index in [1.807, 2.05) is 6.07 Å². The molecule has 1 saturated heterocycles. The van der Waals surface area contributed by atoms with Crippen molar-refractivity contribution in [3.8, 4) is 0 Å². The standard InChI is InChI=1S/C17H19N5O2S/c23-25(24,12-3-4-12)22-7-1-2-11(9-22)16-15-13-5-6-18-17(13)19-8-14(15)20-10-21-16/h5-6,8,10-12H,1-4,7,9H2,(H,20,21). The van der Waals surface area contributed by atoms with E-state index < -0.39 is 10.0 Å². The van der Waals surface area contributed by atoms with Gasteiger partial charge in [0.1, 0.15) is 0 Å². The molecule has 130 valence electrons. The minimum Gasteiger partial charge on any atom is -0.349 e. The SMILES string of the molecule is O=S(=O)(C1CC1)N1CCCC(c2[nH]cnc3cnc4nccc4c23)C1. The van der Waals surface area contributed by atoms with E-state index >= 15 is 0 Å². The first kappa shape index (κ1) is 15.2. The molecule has 7 nitrogen and oxygen atoms in total. The van der Waals surface area contributed by atoms with Gasteiger partial charge >= 0.3 is 0 Å². The van der Waals surface area contributed by atoms with Gasteiger partial charge in [0.15, 0.2) is 5.65 Å². The molecule has 2 aliphatic rings. The van der Waals surface area contributed by atoms with Crippen molar-refractivity contribution in [2.45, 2.75) is 36.9 Å². The Balaban J connectivity index is 1.59. The van der Waals surface area contributed by atoms with E-state index in [-0.39, 0.29) is 11.2 Å². The molecule has 1 aliphatic heterocycles. The number of aromatic nitrogens is 4. The van der Waals surface area contributed by atoms with Crippen LogP contribution in [0.5, 0.6) is 0 Å². The van der Waals surface area contributed by atoms with Gasteiger partial charge in [0.05, 0.1) is 23.3 Å². The third-order valence-electron chi connectivity index (χ3n) is 5.30. The number of piperidine rings is 1. The summed E-state index contributed by atoms with van der Waals surface area (Å²) in [6.07, 6.45) is 8.61. The third kappa shape index (κ3) is 2.43. The molecular formula is C17H19N5O2S. The summed E-state index contributed by atoms with van der Waals surface area (Å²) in [5.41, 5.74) is 2.56. The number of nitrogens with zero attached hydrogens (tertiary/aromatic N) is 4. The second-order valence-electron chi connectivity index (χ2n) is 6.96. The summed E-state index contributed by atoms with van der Waals surface area (Å²) < 4.78 is 27.0. The average Bonchev–Trinajstić information content (AvgIpc) is 3.39. The molecule has 3 aromatic heterocycles. The van der Waals surface area contributed by atoms with E-state index in [4.69, 9.17) is 0 Å². The predicted molar refractivity (Wildman–Crippen MR) is 94.7 cm³/mol. The highest BCUT2D eigenvalue weighted by Crippen LogP contribution is 2.37. The predicted octanol–water partition coefficient (Wildman–Crippen LogP) is 2.18. The largest absolute Gasteiger partial charge is 0.349 e. The van der Waals surface area contributed by atoms with Crippen LogP contribution in [0.2, 0.25) is 0 Å². The molecule has 1 aliphatic carbocycles. The first-order chi connectivity index (χ1) is 12.1. The maximum Gasteiger partial charge on any atom is 0.217 e. The highest BCUT2D eigenvalue weighted by atomic mass is 32.2. The average molecular weight is 357 g/mol. The Hall–Kier alpha value is -2.06. The summed E-state index contributed by atoms with van der Waals surface area (Å²) in [5.74, 6) is 0.133. The van der Waals surface area contributed by atoms with Crippen LogP contribution in [0.1, 0.15) is 37.3 Å². The number of sulfonamides is 1. The van der Waals surface area contributed by atoms with Gasteiger partial charge in [-0.25, -0.2) is 27.7 Å². The Labute approximate surface area is 145 Å². The van der Waals surface area contributed by atoms with Crippen LogP contribution in [0, 0.1) is 0 Å². The highest BCUT2D eigenvalue weighted by molar-refractivity contribution is 7.90. The number of fused-ring (bicyclic) bond motifs is 3. The molecule has 8 heteroatoms. The van der Waals surface area contributed by atoms with Gasteiger partial charge in [0, 0.05) is 41.7 Å². The van der Waals surface area contributed by atoms with Crippen LogP contribution < -0.4 is 0 Å². The van der Waals surface area contributed by atoms with Gasteiger partial charge in [-0.2, -0.15) is 0 Å². The van der Waals surface area contributed by atoms with Crippen molar-refractivity contribution < 1.29 is 8.42 Å². The van der Waals surface area contributed by atoms with Gasteiger partial charge in [-0.3, -0.25) is 0 Å². The zero-order chi connectivity index (χ0) is 17.0. The molecule has 1 N–H and O–H groups in total. The number of aromatic amines is 1. The van der Waals surface area contributed by atoms with Gasteiger partial charge in [-0.05, 0) is 31.7 Å². The molecule has 0 bridgehead atoms. The fraction of sp³-hybridized carbons (Fsp3) is 0.471. The van der Waals surface area contributed by atoms with Gasteiger partial charge in [-0.15, -0.1) is 0 Å². The number of hydrogen-bond donors (Lipinski definition) is 1. The Morgan fingerprint density at radius 1 is 1.16 bits per heavy atom. The molecule has 25 heavy (non-hydrogen) atoms. The fourth-order valence-corrected chi connectivity index (χ4v) is 5.81. The van der Waals surface area contributed by atoms with Crippen molar-refractivity contribution in [2.24, 2.45) is 0 Å². The molecule has 0 amide bonds. The van der Waals surface area contributed by atoms with Gasteiger partial charge < -0.3 is 4.98 Å². The second-order valence-corrected chi connectivity index (χ2v) is 9.17. The van der Waals surface area contributed by atoms with Crippen molar-refractivity contribution in [3.05, 3.63) is 30.5 Å². The van der Waals surface area contributed by atoms with Crippen molar-refractivity contribution in [1.82, 2.24) is 24.2 Å². The van der Waals surface area contributed by atoms with Crippen LogP contribution in [0.15, 0.2) is 24.8 Å². The Morgan fingerprint density at radius 2 is 2.04 bits per heavy atom. The van der Waals surface area contributed by atoms with E-state index in [2.05, 4.69) is 19.9 Å². The van der Waals surface area contributed by atoms with Crippen LogP contribution in [0.4, 0.5) is 0 Å². The topological polar surface area (TPSA) is 91.8 Å². The van der Waals surface area contributed by atoms with Gasteiger partial charge in [0.25, 0.3) is 0 Å². The molecule has 5 rings (SSSR count). The van der Waals surface area contributed by atoms with E-state index in [9.17, 15) is 8.42 Å². The molecule has 0 spiro atoms. The molecule has 1 atom stereocenters. The summed E-state index contributed by atoms with van der Waals surface area (Å²) in [6, 6.07) is 1.95. The van der Waals surface area contributed by atoms with Gasteiger partial charge in [0.2, 0.25) is 10.0 Å². The molecule has 3 aromatic rings. The third-order valence-corrected chi connectivity index (χ3v) is 7.67. The summed E-state index contributed by atoms with van der Waals surface area (Å²) >= 11 is 0. The minimum atomic E-state index is -3.14. The first-order valence-electron chi connectivity index (χ1n) is 8.70. The zero-order valence-electron chi connectivity index (χ0n) is 13.7. The van der Waals surface area contributed by atoms with Gasteiger partial charge in [-0.1, -0.05) is 0 Å². The van der Waals surface area contributed by atoms with Crippen LogP contribution in [0.25, 0.3) is 21.9 Å². The lowest BCUT2D eigenvalue weighted by atomic mass is 9.93. The van der Waals surface area contributed by atoms with E-state index in [1.54, 1.807) is 23.0 Å². The van der Waals surface area contributed by atoms with Crippen LogP contribution >= 0.6 is 0 Å². The van der Waals surface area contributed by atoms with E-state index in [0.29, 0.717) is 18.7 Å². The van der Waals surface area contributed by atoms with Crippen molar-refractivity contribution in [3.63, 3.8) is 0 Å². The molecule has 1 unspecified atom stereocenters. The summed E-state index contributed by atoms with van der Waals surface area (Å²) in [7, 11) is -3.14. The Kier molecular flexibility index (Phi) is 3.33. The van der Waals surface area contributed by atoms with Crippen LogP contribution in [-0.2, 0) is 10.0 Å². The monoisotopic (exact) mass is 357 g/mol. The lowest BCUT2D eigenvalue weighted by Gasteiger charge is -2.32. The van der Waals surface area contributed by atoms with Crippen molar-refractivity contribution >= 4 is 32.0 Å². The molecule has 4 heterocycles. The van der Waals surface area contributed by atoms with Crippen LogP contribution in [0.3, 0.4) is 0 Å². The minimum absolute atomic E-state index is 0.133. The lowest BCUT2D eigenvalue weighted by molar-refractivity contribution is 0.313. The molecule has 1 saturated carbocycles. The summed E-state index contributed by atoms with van der Waals surface area (Å²) in [4.78, 5) is 16.3. The Morgan fingerprint density at radius 3 is 2.88 bits per heavy atom. The number of hydrogen-bond acceptors (Lipinski definition) is 5. The summed E-state index contributed by atoms with van der Waals surface area (Å²) in [6.45, 7) is 1.17. The molecular weight excluding hydrogens is 338 g/mol. The lowest BCUT2D eigenvalue weighted by Crippen LogP contribution is -2.41. The highest BCUT2D eigenvalue weighted by Gasteiger charge is 2.42. The molecule has 2 fully saturated rings. The van der Waals surface area contributed by atoms with Crippen molar-refractivity contribution in [1.29, 1.82) is 0 Å². The quantitative estimate of drug-likeness (QED) is 0.776. The smallest absolute Gasteiger partial charge is 0.217 e. The van der Waals surface area contributed by atoms with E-state index in [0.717, 1.165) is 47.7 Å².